The lowest BCUT2D eigenvalue weighted by Crippen LogP contribution is -2.30. The van der Waals surface area contributed by atoms with E-state index in [1.165, 1.54) is 4.90 Å². The van der Waals surface area contributed by atoms with E-state index in [0.717, 1.165) is 18.4 Å². The summed E-state index contributed by atoms with van der Waals surface area (Å²) in [6.07, 6.45) is 6.73. The van der Waals surface area contributed by atoms with Gasteiger partial charge in [-0.05, 0) is 50.0 Å². The van der Waals surface area contributed by atoms with Crippen molar-refractivity contribution >= 4 is 29.0 Å². The van der Waals surface area contributed by atoms with Crippen LogP contribution in [0.1, 0.15) is 42.0 Å². The van der Waals surface area contributed by atoms with Gasteiger partial charge in [0.1, 0.15) is 28.7 Å². The maximum Gasteiger partial charge on any atom is 0.299 e. The number of imidazole rings is 1. The summed E-state index contributed by atoms with van der Waals surface area (Å²) in [5.41, 5.74) is 8.91. The van der Waals surface area contributed by atoms with E-state index in [1.807, 2.05) is 28.8 Å². The van der Waals surface area contributed by atoms with E-state index in [1.54, 1.807) is 55.5 Å². The fraction of sp³-hybridized carbons (Fsp3) is 0.222. The Balaban J connectivity index is 1.52. The van der Waals surface area contributed by atoms with Gasteiger partial charge in [-0.1, -0.05) is 24.1 Å². The van der Waals surface area contributed by atoms with Crippen molar-refractivity contribution in [1.29, 1.82) is 0 Å². The third-order valence-electron chi connectivity index (χ3n) is 6.36. The zero-order valence-electron chi connectivity index (χ0n) is 20.0. The lowest BCUT2D eigenvalue weighted by molar-refractivity contribution is -0.126. The van der Waals surface area contributed by atoms with Crippen molar-refractivity contribution in [2.24, 2.45) is 0 Å². The molecule has 0 radical (unpaired) electrons. The molecule has 2 N–H and O–H groups in total. The smallest absolute Gasteiger partial charge is 0.299 e. The number of rotatable bonds is 4. The van der Waals surface area contributed by atoms with Crippen LogP contribution in [0.15, 0.2) is 61.1 Å². The first-order valence-corrected chi connectivity index (χ1v) is 11.6. The van der Waals surface area contributed by atoms with Crippen molar-refractivity contribution in [2.75, 3.05) is 24.2 Å². The minimum atomic E-state index is -0.214. The number of carbonyl (C=O) groups is 2. The van der Waals surface area contributed by atoms with Gasteiger partial charge in [-0.2, -0.15) is 0 Å². The maximum absolute atomic E-state index is 13.0. The predicted molar refractivity (Wildman–Crippen MR) is 137 cm³/mol. The van der Waals surface area contributed by atoms with Crippen LogP contribution in [0, 0.1) is 11.8 Å². The minimum Gasteiger partial charge on any atom is -0.382 e. The Hall–Kier alpha value is -4.71. The Kier molecular flexibility index (Phi) is 6.09. The van der Waals surface area contributed by atoms with Crippen molar-refractivity contribution in [3.8, 4) is 23.1 Å². The summed E-state index contributed by atoms with van der Waals surface area (Å²) >= 11 is 0. The highest BCUT2D eigenvalue weighted by atomic mass is 16.2. The maximum atomic E-state index is 13.0. The molecule has 1 atom stereocenters. The first-order valence-electron chi connectivity index (χ1n) is 11.6. The molecule has 9 nitrogen and oxygen atoms in total. The molecule has 4 aromatic rings. The number of nitrogens with two attached hydrogens (primary N) is 1. The van der Waals surface area contributed by atoms with Crippen LogP contribution in [0.4, 0.5) is 11.6 Å². The highest BCUT2D eigenvalue weighted by Crippen LogP contribution is 2.36. The number of pyridine rings is 1. The van der Waals surface area contributed by atoms with Gasteiger partial charge in [-0.25, -0.2) is 15.0 Å². The molecule has 36 heavy (non-hydrogen) atoms. The number of aromatic nitrogens is 4. The topological polar surface area (TPSA) is 110 Å². The third-order valence-corrected chi connectivity index (χ3v) is 6.36. The molecule has 0 spiro atoms. The van der Waals surface area contributed by atoms with E-state index in [9.17, 15) is 9.59 Å². The van der Waals surface area contributed by atoms with Gasteiger partial charge in [-0.15, -0.1) is 0 Å². The number of nitrogens with zero attached hydrogens (tertiary/aromatic N) is 6. The van der Waals surface area contributed by atoms with Crippen molar-refractivity contribution in [3.63, 3.8) is 0 Å². The second kappa shape index (κ2) is 9.50. The first-order chi connectivity index (χ1) is 17.5. The molecule has 4 heterocycles. The largest absolute Gasteiger partial charge is 0.382 e. The van der Waals surface area contributed by atoms with Gasteiger partial charge in [0.05, 0.1) is 6.04 Å². The van der Waals surface area contributed by atoms with Crippen molar-refractivity contribution in [3.05, 3.63) is 72.4 Å². The van der Waals surface area contributed by atoms with Crippen molar-refractivity contribution in [2.45, 2.75) is 25.8 Å². The predicted octanol–water partition coefficient (Wildman–Crippen LogP) is 3.34. The van der Waals surface area contributed by atoms with Gasteiger partial charge in [0.25, 0.3) is 11.8 Å². The molecule has 180 valence electrons. The number of benzene rings is 1. The molecule has 0 saturated carbocycles. The van der Waals surface area contributed by atoms with E-state index in [0.29, 0.717) is 40.8 Å². The summed E-state index contributed by atoms with van der Waals surface area (Å²) in [7, 11) is 1.69. The number of hydrogen-bond donors (Lipinski definition) is 1. The zero-order chi connectivity index (χ0) is 25.2. The molecule has 5 rings (SSSR count). The van der Waals surface area contributed by atoms with Crippen molar-refractivity contribution < 1.29 is 9.59 Å². The van der Waals surface area contributed by atoms with Crippen LogP contribution in [0.25, 0.3) is 16.8 Å². The molecule has 3 aromatic heterocycles. The van der Waals surface area contributed by atoms with Gasteiger partial charge in [0, 0.05) is 43.3 Å². The molecular weight excluding hydrogens is 454 g/mol. The highest BCUT2D eigenvalue weighted by molar-refractivity contribution is 6.05. The van der Waals surface area contributed by atoms with Crippen LogP contribution < -0.4 is 10.6 Å². The van der Waals surface area contributed by atoms with E-state index >= 15 is 0 Å². The first kappa shape index (κ1) is 23.1. The van der Waals surface area contributed by atoms with Gasteiger partial charge >= 0.3 is 0 Å². The normalized spacial score (nSPS) is 14.9. The minimum absolute atomic E-state index is 0.172. The zero-order valence-corrected chi connectivity index (χ0v) is 20.0. The molecule has 1 saturated heterocycles. The fourth-order valence-electron chi connectivity index (χ4n) is 4.60. The Morgan fingerprint density at radius 1 is 1.11 bits per heavy atom. The lowest BCUT2D eigenvalue weighted by atomic mass is 10.1. The summed E-state index contributed by atoms with van der Waals surface area (Å²) in [4.78, 5) is 42.3. The van der Waals surface area contributed by atoms with E-state index in [2.05, 4.69) is 21.8 Å². The molecular formula is C27H25N7O2. The Bertz CT molecular complexity index is 1500. The Morgan fingerprint density at radius 3 is 2.64 bits per heavy atom. The monoisotopic (exact) mass is 479 g/mol. The number of anilines is 2. The number of fused-ring (bicyclic) bond motifs is 1. The van der Waals surface area contributed by atoms with Gasteiger partial charge < -0.3 is 10.6 Å². The molecule has 1 aliphatic heterocycles. The molecule has 0 bridgehead atoms. The number of carbonyl (C=O) groups excluding carboxylic acids is 2. The molecule has 1 fully saturated rings. The fourth-order valence-corrected chi connectivity index (χ4v) is 4.60. The molecule has 1 aromatic carbocycles. The van der Waals surface area contributed by atoms with Gasteiger partial charge in [-0.3, -0.25) is 18.9 Å². The Morgan fingerprint density at radius 2 is 1.92 bits per heavy atom. The number of amides is 2. The summed E-state index contributed by atoms with van der Waals surface area (Å²) in [6.45, 7) is 2.28. The number of likely N-dealkylation sites (tertiary alicyclic amines) is 1. The lowest BCUT2D eigenvalue weighted by Gasteiger charge is -2.21. The SMILES string of the molecule is CC#CC(=O)N1CCCC1c1nc(-c2ccc(C(=O)N(C)c3ccccn3)cc2)c2c(N)nccn12. The molecule has 0 aliphatic carbocycles. The second-order valence-electron chi connectivity index (χ2n) is 8.51. The molecule has 1 aliphatic rings. The summed E-state index contributed by atoms with van der Waals surface area (Å²) < 4.78 is 1.90. The standard InChI is InChI=1S/C27H25N7O2/c1-3-7-22(35)33-16-6-8-20(33)26-31-23(24-25(28)30-15-17-34(24)26)18-10-12-19(13-11-18)27(36)32(2)21-9-4-5-14-29-21/h4-5,9-15,17,20H,6,8,16H2,1-2H3,(H2,28,30). The molecule has 2 amide bonds. The number of hydrogen-bond acceptors (Lipinski definition) is 6. The van der Waals surface area contributed by atoms with E-state index in [4.69, 9.17) is 10.7 Å². The average molecular weight is 480 g/mol. The summed E-state index contributed by atoms with van der Waals surface area (Å²) in [5, 5.41) is 0. The van der Waals surface area contributed by atoms with Gasteiger partial charge in [0.15, 0.2) is 0 Å². The van der Waals surface area contributed by atoms with Crippen molar-refractivity contribution in [1.82, 2.24) is 24.3 Å². The van der Waals surface area contributed by atoms with Gasteiger partial charge in [0.2, 0.25) is 0 Å². The van der Waals surface area contributed by atoms with E-state index < -0.39 is 0 Å². The third kappa shape index (κ3) is 4.03. The van der Waals surface area contributed by atoms with Crippen LogP contribution in [0.2, 0.25) is 0 Å². The number of nitrogen functional groups attached to an aromatic ring is 1. The molecule has 9 heteroatoms. The molecule has 1 unspecified atom stereocenters. The quantitative estimate of drug-likeness (QED) is 0.450. The van der Waals surface area contributed by atoms with Crippen LogP contribution in [0.3, 0.4) is 0 Å². The average Bonchev–Trinajstić information content (AvgIpc) is 3.54. The van der Waals surface area contributed by atoms with Crippen LogP contribution in [-0.4, -0.2) is 49.7 Å². The second-order valence-corrected chi connectivity index (χ2v) is 8.51. The summed E-state index contributed by atoms with van der Waals surface area (Å²) in [6, 6.07) is 12.4. The highest BCUT2D eigenvalue weighted by Gasteiger charge is 2.33. The van der Waals surface area contributed by atoms with Crippen LogP contribution in [-0.2, 0) is 4.79 Å². The van der Waals surface area contributed by atoms with Crippen LogP contribution >= 0.6 is 0 Å². The van der Waals surface area contributed by atoms with E-state index in [-0.39, 0.29) is 17.9 Å². The van der Waals surface area contributed by atoms with Crippen LogP contribution in [0.5, 0.6) is 0 Å². The summed E-state index contributed by atoms with van der Waals surface area (Å²) in [5.74, 6) is 6.58. The Labute approximate surface area is 208 Å².